The number of carbonyl (C=O) groups is 1. The van der Waals surface area contributed by atoms with E-state index in [9.17, 15) is 13.2 Å². The highest BCUT2D eigenvalue weighted by atomic mass is 32.2. The molecule has 1 aromatic carbocycles. The fourth-order valence-electron chi connectivity index (χ4n) is 3.46. The average molecular weight is 406 g/mol. The molecule has 1 atom stereocenters. The van der Waals surface area contributed by atoms with Gasteiger partial charge in [-0.3, -0.25) is 4.79 Å². The zero-order valence-electron chi connectivity index (χ0n) is 16.5. The van der Waals surface area contributed by atoms with Crippen molar-refractivity contribution in [2.24, 2.45) is 0 Å². The van der Waals surface area contributed by atoms with E-state index >= 15 is 0 Å². The van der Waals surface area contributed by atoms with Gasteiger partial charge in [0.2, 0.25) is 10.0 Å². The van der Waals surface area contributed by atoms with E-state index in [2.05, 4.69) is 29.3 Å². The maximum atomic E-state index is 12.5. The van der Waals surface area contributed by atoms with Crippen LogP contribution in [0.25, 0.3) is 0 Å². The lowest BCUT2D eigenvalue weighted by Gasteiger charge is -2.24. The summed E-state index contributed by atoms with van der Waals surface area (Å²) in [5, 5.41) is 2.85. The lowest BCUT2D eigenvalue weighted by atomic mass is 10.1. The summed E-state index contributed by atoms with van der Waals surface area (Å²) in [5.74, 6) is 0.431. The van der Waals surface area contributed by atoms with Crippen LogP contribution in [0.5, 0.6) is 0 Å². The Balaban J connectivity index is 1.59. The molecule has 7 nitrogen and oxygen atoms in total. The molecule has 0 saturated carbocycles. The van der Waals surface area contributed by atoms with Crippen LogP contribution in [0, 0.1) is 0 Å². The van der Waals surface area contributed by atoms with E-state index in [-0.39, 0.29) is 5.91 Å². The zero-order valence-corrected chi connectivity index (χ0v) is 17.3. The fraction of sp³-hybridized carbons (Fsp3) is 0.450. The van der Waals surface area contributed by atoms with Crippen LogP contribution in [0.1, 0.15) is 35.0 Å². The summed E-state index contributed by atoms with van der Waals surface area (Å²) in [6, 6.07) is 10.3. The Labute approximate surface area is 166 Å². The van der Waals surface area contributed by atoms with E-state index in [1.54, 1.807) is 6.07 Å². The van der Waals surface area contributed by atoms with Crippen LogP contribution in [0.2, 0.25) is 0 Å². The molecule has 1 unspecified atom stereocenters. The van der Waals surface area contributed by atoms with Crippen molar-refractivity contribution in [3.05, 3.63) is 53.5 Å². The number of sulfonamides is 1. The Morgan fingerprint density at radius 3 is 2.82 bits per heavy atom. The second-order valence-electron chi connectivity index (χ2n) is 7.26. The summed E-state index contributed by atoms with van der Waals surface area (Å²) in [4.78, 5) is 14.8. The van der Waals surface area contributed by atoms with Gasteiger partial charge in [0.1, 0.15) is 5.76 Å². The third-order valence-corrected chi connectivity index (χ3v) is 6.47. The van der Waals surface area contributed by atoms with Gasteiger partial charge in [0.05, 0.1) is 24.6 Å². The van der Waals surface area contributed by atoms with Crippen molar-refractivity contribution in [3.63, 3.8) is 0 Å². The van der Waals surface area contributed by atoms with E-state index in [0.29, 0.717) is 43.4 Å². The molecule has 2 heterocycles. The Hall–Kier alpha value is -2.32. The van der Waals surface area contributed by atoms with Gasteiger partial charge >= 0.3 is 0 Å². The molecule has 2 aromatic rings. The molecule has 28 heavy (non-hydrogen) atoms. The van der Waals surface area contributed by atoms with Gasteiger partial charge in [0.25, 0.3) is 5.91 Å². The first-order valence-corrected chi connectivity index (χ1v) is 11.2. The lowest BCUT2D eigenvalue weighted by molar-refractivity contribution is 0.0951. The second kappa shape index (κ2) is 8.36. The number of benzene rings is 1. The molecule has 0 bridgehead atoms. The molecule has 8 heteroatoms. The van der Waals surface area contributed by atoms with Crippen LogP contribution in [-0.4, -0.2) is 51.1 Å². The van der Waals surface area contributed by atoms with E-state index in [0.717, 1.165) is 6.42 Å². The topological polar surface area (TPSA) is 82.9 Å². The first kappa shape index (κ1) is 20.4. The predicted molar refractivity (Wildman–Crippen MR) is 109 cm³/mol. The largest absolute Gasteiger partial charge is 0.467 e. The molecule has 3 rings (SSSR count). The lowest BCUT2D eigenvalue weighted by Crippen LogP contribution is -2.32. The standard InChI is InChI=1S/C20H27N3O4S/c1-15-13-16-7-4-5-8-18(16)23(15)14-19-17(9-12-27-19)20(24)21-10-6-11-22(2)28(3,25)26/h4-5,7-9,12,15H,6,10-11,13-14H2,1-3H3,(H,21,24). The number of rotatable bonds is 8. The smallest absolute Gasteiger partial charge is 0.254 e. The van der Waals surface area contributed by atoms with E-state index in [1.807, 2.05) is 12.1 Å². The molecule has 1 amide bonds. The molecular weight excluding hydrogens is 378 g/mol. The number of hydrogen-bond donors (Lipinski definition) is 1. The molecule has 0 fully saturated rings. The van der Waals surface area contributed by atoms with Gasteiger partial charge in [0.15, 0.2) is 0 Å². The van der Waals surface area contributed by atoms with Crippen molar-refractivity contribution in [2.45, 2.75) is 32.4 Å². The number of carbonyl (C=O) groups excluding carboxylic acids is 1. The number of para-hydroxylation sites is 1. The van der Waals surface area contributed by atoms with Crippen molar-refractivity contribution in [1.82, 2.24) is 9.62 Å². The van der Waals surface area contributed by atoms with Gasteiger partial charge in [-0.2, -0.15) is 0 Å². The van der Waals surface area contributed by atoms with Crippen molar-refractivity contribution in [1.29, 1.82) is 0 Å². The maximum Gasteiger partial charge on any atom is 0.254 e. The molecule has 0 aliphatic carbocycles. The summed E-state index contributed by atoms with van der Waals surface area (Å²) in [6.45, 7) is 3.46. The van der Waals surface area contributed by atoms with Gasteiger partial charge in [-0.1, -0.05) is 18.2 Å². The summed E-state index contributed by atoms with van der Waals surface area (Å²) < 4.78 is 29.7. The summed E-state index contributed by atoms with van der Waals surface area (Å²) >= 11 is 0. The Morgan fingerprint density at radius 2 is 2.07 bits per heavy atom. The molecule has 0 spiro atoms. The molecule has 152 valence electrons. The molecule has 0 radical (unpaired) electrons. The second-order valence-corrected chi connectivity index (χ2v) is 9.35. The third-order valence-electron chi connectivity index (χ3n) is 5.15. The number of hydrogen-bond acceptors (Lipinski definition) is 5. The molecule has 1 aliphatic rings. The predicted octanol–water partition coefficient (Wildman–Crippen LogP) is 2.24. The first-order chi connectivity index (χ1) is 13.3. The average Bonchev–Trinajstić information content (AvgIpc) is 3.22. The fourth-order valence-corrected chi connectivity index (χ4v) is 3.92. The van der Waals surface area contributed by atoms with Crippen LogP contribution in [0.4, 0.5) is 5.69 Å². The summed E-state index contributed by atoms with van der Waals surface area (Å²) in [6.07, 6.45) is 4.22. The minimum atomic E-state index is -3.20. The molecule has 1 N–H and O–H groups in total. The Morgan fingerprint density at radius 1 is 1.32 bits per heavy atom. The SMILES string of the molecule is CC1Cc2ccccc2N1Cc1occc1C(=O)NCCCN(C)S(C)(=O)=O. The van der Waals surface area contributed by atoms with Crippen molar-refractivity contribution in [2.75, 3.05) is 31.3 Å². The normalized spacial score (nSPS) is 16.4. The highest BCUT2D eigenvalue weighted by molar-refractivity contribution is 7.88. The van der Waals surface area contributed by atoms with Gasteiger partial charge in [-0.05, 0) is 37.5 Å². The maximum absolute atomic E-state index is 12.5. The monoisotopic (exact) mass is 405 g/mol. The van der Waals surface area contributed by atoms with Crippen LogP contribution >= 0.6 is 0 Å². The number of anilines is 1. The van der Waals surface area contributed by atoms with Crippen molar-refractivity contribution in [3.8, 4) is 0 Å². The Bertz CT molecular complexity index is 938. The molecular formula is C20H27N3O4S. The van der Waals surface area contributed by atoms with Gasteiger partial charge < -0.3 is 14.6 Å². The van der Waals surface area contributed by atoms with Crippen LogP contribution in [0.15, 0.2) is 41.0 Å². The van der Waals surface area contributed by atoms with Crippen molar-refractivity contribution >= 4 is 21.6 Å². The number of amides is 1. The summed E-state index contributed by atoms with van der Waals surface area (Å²) in [7, 11) is -1.67. The van der Waals surface area contributed by atoms with Crippen LogP contribution in [-0.2, 0) is 23.0 Å². The number of fused-ring (bicyclic) bond motifs is 1. The van der Waals surface area contributed by atoms with Gasteiger partial charge in [-0.15, -0.1) is 0 Å². The number of nitrogens with zero attached hydrogens (tertiary/aromatic N) is 2. The zero-order chi connectivity index (χ0) is 20.3. The van der Waals surface area contributed by atoms with Gasteiger partial charge in [-0.25, -0.2) is 12.7 Å². The van der Waals surface area contributed by atoms with Crippen LogP contribution in [0.3, 0.4) is 0 Å². The minimum Gasteiger partial charge on any atom is -0.467 e. The van der Waals surface area contributed by atoms with Crippen molar-refractivity contribution < 1.29 is 17.6 Å². The highest BCUT2D eigenvalue weighted by Gasteiger charge is 2.27. The minimum absolute atomic E-state index is 0.203. The van der Waals surface area contributed by atoms with E-state index in [1.165, 1.54) is 35.1 Å². The van der Waals surface area contributed by atoms with Gasteiger partial charge in [0, 0.05) is 31.9 Å². The molecule has 1 aromatic heterocycles. The third kappa shape index (κ3) is 4.56. The molecule has 1 aliphatic heterocycles. The number of furan rings is 1. The Kier molecular flexibility index (Phi) is 6.10. The number of nitrogens with one attached hydrogen (secondary N) is 1. The highest BCUT2D eigenvalue weighted by Crippen LogP contribution is 2.33. The molecule has 0 saturated heterocycles. The van der Waals surface area contributed by atoms with E-state index in [4.69, 9.17) is 4.42 Å². The van der Waals surface area contributed by atoms with Crippen LogP contribution < -0.4 is 10.2 Å². The van der Waals surface area contributed by atoms with E-state index < -0.39 is 10.0 Å². The quantitative estimate of drug-likeness (QED) is 0.681. The first-order valence-electron chi connectivity index (χ1n) is 9.38. The summed E-state index contributed by atoms with van der Waals surface area (Å²) in [5.41, 5.74) is 3.01.